The highest BCUT2D eigenvalue weighted by Gasteiger charge is 2.53. The Balaban J connectivity index is 1.45. The molecule has 5 heteroatoms. The third kappa shape index (κ3) is 2.40. The van der Waals surface area contributed by atoms with E-state index in [2.05, 4.69) is 13.0 Å². The molecule has 136 valence electrons. The summed E-state index contributed by atoms with van der Waals surface area (Å²) in [6.45, 7) is 2.99. The molecule has 1 spiro atoms. The van der Waals surface area contributed by atoms with Gasteiger partial charge in [0.1, 0.15) is 19.0 Å². The lowest BCUT2D eigenvalue weighted by Gasteiger charge is -2.46. The van der Waals surface area contributed by atoms with Crippen molar-refractivity contribution in [1.82, 2.24) is 0 Å². The van der Waals surface area contributed by atoms with Gasteiger partial charge in [0.05, 0.1) is 0 Å². The van der Waals surface area contributed by atoms with Crippen molar-refractivity contribution in [2.45, 2.75) is 64.1 Å². The largest absolute Gasteiger partial charge is 0.299 e. The number of hydrogen-bond donors (Lipinski definition) is 0. The van der Waals surface area contributed by atoms with Crippen LogP contribution in [0.2, 0.25) is 0 Å². The lowest BCUT2D eigenvalue weighted by molar-refractivity contribution is -0.481. The van der Waals surface area contributed by atoms with Gasteiger partial charge in [0.2, 0.25) is 5.79 Å². The van der Waals surface area contributed by atoms with Crippen LogP contribution in [-0.2, 0) is 24.3 Å². The maximum Gasteiger partial charge on any atom is 0.237 e. The maximum atomic E-state index is 12.4. The second kappa shape index (κ2) is 5.74. The molecule has 2 fully saturated rings. The van der Waals surface area contributed by atoms with E-state index in [1.54, 1.807) is 0 Å². The van der Waals surface area contributed by atoms with Gasteiger partial charge in [-0.2, -0.15) is 9.78 Å². The third-order valence-electron chi connectivity index (χ3n) is 7.21. The van der Waals surface area contributed by atoms with Crippen molar-refractivity contribution >= 4 is 5.78 Å². The fourth-order valence-corrected chi connectivity index (χ4v) is 5.85. The smallest absolute Gasteiger partial charge is 0.237 e. The van der Waals surface area contributed by atoms with Crippen molar-refractivity contribution in [2.75, 3.05) is 13.2 Å². The van der Waals surface area contributed by atoms with Crippen LogP contribution in [-0.4, -0.2) is 24.8 Å². The molecule has 0 N–H and O–H groups in total. The molecule has 0 radical (unpaired) electrons. The summed E-state index contributed by atoms with van der Waals surface area (Å²) in [7, 11) is 0. The zero-order chi connectivity index (χ0) is 17.1. The van der Waals surface area contributed by atoms with E-state index in [4.69, 9.17) is 19.6 Å². The minimum Gasteiger partial charge on any atom is -0.299 e. The number of ketones is 1. The summed E-state index contributed by atoms with van der Waals surface area (Å²) in [6, 6.07) is 0. The van der Waals surface area contributed by atoms with Crippen molar-refractivity contribution < 1.29 is 24.3 Å². The molecular formula is C20H26O5. The summed E-state index contributed by atoms with van der Waals surface area (Å²) in [6.07, 6.45) is 9.71. The first-order valence-corrected chi connectivity index (χ1v) is 9.67. The van der Waals surface area contributed by atoms with Gasteiger partial charge >= 0.3 is 0 Å². The van der Waals surface area contributed by atoms with E-state index in [0.717, 1.165) is 44.9 Å². The number of carbonyl (C=O) groups is 1. The van der Waals surface area contributed by atoms with Crippen molar-refractivity contribution in [3.8, 4) is 0 Å². The first kappa shape index (κ1) is 16.2. The second-order valence-corrected chi connectivity index (χ2v) is 8.47. The van der Waals surface area contributed by atoms with Gasteiger partial charge in [0.25, 0.3) is 0 Å². The molecule has 0 unspecified atom stereocenters. The molecule has 0 amide bonds. The van der Waals surface area contributed by atoms with Gasteiger partial charge in [-0.25, -0.2) is 9.78 Å². The lowest BCUT2D eigenvalue weighted by atomic mass is 9.58. The summed E-state index contributed by atoms with van der Waals surface area (Å²) in [5, 5.41) is 0. The zero-order valence-corrected chi connectivity index (χ0v) is 14.8. The molecule has 1 saturated carbocycles. The second-order valence-electron chi connectivity index (χ2n) is 8.47. The minimum atomic E-state index is -0.783. The summed E-state index contributed by atoms with van der Waals surface area (Å²) < 4.78 is 0. The van der Waals surface area contributed by atoms with E-state index < -0.39 is 5.79 Å². The van der Waals surface area contributed by atoms with Crippen LogP contribution in [0.5, 0.6) is 0 Å². The van der Waals surface area contributed by atoms with E-state index in [9.17, 15) is 4.79 Å². The predicted molar refractivity (Wildman–Crippen MR) is 88.9 cm³/mol. The third-order valence-corrected chi connectivity index (χ3v) is 7.21. The predicted octanol–water partition coefficient (Wildman–Crippen LogP) is 3.80. The van der Waals surface area contributed by atoms with Gasteiger partial charge < -0.3 is 0 Å². The summed E-state index contributed by atoms with van der Waals surface area (Å²) in [4.78, 5) is 34.0. The fourth-order valence-electron chi connectivity index (χ4n) is 5.85. The van der Waals surface area contributed by atoms with E-state index in [0.29, 0.717) is 37.3 Å². The van der Waals surface area contributed by atoms with Crippen molar-refractivity contribution in [3.63, 3.8) is 0 Å². The van der Waals surface area contributed by atoms with E-state index >= 15 is 0 Å². The SMILES string of the molecule is C[C@]12CC=C3C4=C(CC[C@H]3[C@@H]1CCC2=O)CC1(CC4)OOCCOO1. The molecule has 5 rings (SSSR count). The first-order chi connectivity index (χ1) is 12.1. The van der Waals surface area contributed by atoms with Gasteiger partial charge in [-0.05, 0) is 55.1 Å². The average molecular weight is 346 g/mol. The van der Waals surface area contributed by atoms with E-state index in [1.165, 1.54) is 16.7 Å². The number of Topliss-reactive ketones (excluding diaryl/α,β-unsaturated/α-hetero) is 1. The Morgan fingerprint density at radius 2 is 1.88 bits per heavy atom. The number of rotatable bonds is 0. The standard InChI is InChI=1S/C20H26O5/c1-19-8-6-15-14-7-9-20(24-22-10-11-23-25-20)12-13(14)2-3-16(15)17(19)4-5-18(19)21/h6,16-17H,2-5,7-12H2,1H3/t16-,17+,19+/m1/s1. The molecule has 1 heterocycles. The monoisotopic (exact) mass is 346 g/mol. The highest BCUT2D eigenvalue weighted by molar-refractivity contribution is 5.87. The number of carbonyl (C=O) groups excluding carboxylic acids is 1. The summed E-state index contributed by atoms with van der Waals surface area (Å²) in [5.41, 5.74) is 4.33. The maximum absolute atomic E-state index is 12.4. The molecule has 5 aliphatic rings. The Labute approximate surface area is 148 Å². The number of fused-ring (bicyclic) bond motifs is 4. The van der Waals surface area contributed by atoms with Gasteiger partial charge in [-0.15, -0.1) is 0 Å². The quantitative estimate of drug-likeness (QED) is 0.625. The fraction of sp³-hybridized carbons (Fsp3) is 0.750. The van der Waals surface area contributed by atoms with E-state index in [1.807, 2.05) is 0 Å². The Kier molecular flexibility index (Phi) is 3.72. The Hall–Kier alpha value is -1.01. The molecule has 0 aromatic heterocycles. The average Bonchev–Trinajstić information content (AvgIpc) is 2.79. The van der Waals surface area contributed by atoms with Crippen LogP contribution in [0.4, 0.5) is 0 Å². The highest BCUT2D eigenvalue weighted by atomic mass is 17.3. The topological polar surface area (TPSA) is 54.0 Å². The molecular weight excluding hydrogens is 320 g/mol. The molecule has 0 bridgehead atoms. The van der Waals surface area contributed by atoms with Gasteiger partial charge in [-0.1, -0.05) is 18.6 Å². The molecule has 0 aromatic rings. The molecule has 25 heavy (non-hydrogen) atoms. The van der Waals surface area contributed by atoms with Crippen LogP contribution in [0, 0.1) is 17.3 Å². The van der Waals surface area contributed by atoms with Crippen LogP contribution in [0.1, 0.15) is 58.3 Å². The Morgan fingerprint density at radius 1 is 1.08 bits per heavy atom. The van der Waals surface area contributed by atoms with Gasteiger partial charge in [0.15, 0.2) is 0 Å². The molecule has 3 atom stereocenters. The molecule has 1 aliphatic heterocycles. The number of allylic oxidation sites excluding steroid dienone is 3. The summed E-state index contributed by atoms with van der Waals surface area (Å²) in [5.74, 6) is 0.781. The van der Waals surface area contributed by atoms with Gasteiger partial charge in [-0.3, -0.25) is 4.79 Å². The van der Waals surface area contributed by atoms with Crippen LogP contribution in [0.25, 0.3) is 0 Å². The van der Waals surface area contributed by atoms with Crippen molar-refractivity contribution in [2.24, 2.45) is 17.3 Å². The lowest BCUT2D eigenvalue weighted by Crippen LogP contribution is -2.42. The van der Waals surface area contributed by atoms with Crippen molar-refractivity contribution in [3.05, 3.63) is 22.8 Å². The van der Waals surface area contributed by atoms with E-state index in [-0.39, 0.29) is 5.41 Å². The first-order valence-electron chi connectivity index (χ1n) is 9.67. The highest BCUT2D eigenvalue weighted by Crippen LogP contribution is 2.58. The molecule has 4 aliphatic carbocycles. The summed E-state index contributed by atoms with van der Waals surface area (Å²) >= 11 is 0. The Morgan fingerprint density at radius 3 is 2.68 bits per heavy atom. The minimum absolute atomic E-state index is 0.114. The zero-order valence-electron chi connectivity index (χ0n) is 14.8. The molecule has 1 saturated heterocycles. The van der Waals surface area contributed by atoms with Crippen LogP contribution < -0.4 is 0 Å². The number of hydrogen-bond acceptors (Lipinski definition) is 5. The van der Waals surface area contributed by atoms with Crippen LogP contribution in [0.15, 0.2) is 22.8 Å². The van der Waals surface area contributed by atoms with Crippen LogP contribution >= 0.6 is 0 Å². The molecule has 5 nitrogen and oxygen atoms in total. The van der Waals surface area contributed by atoms with Crippen molar-refractivity contribution in [1.29, 1.82) is 0 Å². The molecule has 0 aromatic carbocycles. The Bertz CT molecular complexity index is 655. The van der Waals surface area contributed by atoms with Gasteiger partial charge in [0, 0.05) is 24.7 Å². The van der Waals surface area contributed by atoms with Crippen LogP contribution in [0.3, 0.4) is 0 Å². The normalized spacial score (nSPS) is 40.2.